The van der Waals surface area contributed by atoms with E-state index in [1.54, 1.807) is 12.3 Å². The molecule has 1 aliphatic heterocycles. The van der Waals surface area contributed by atoms with Crippen molar-refractivity contribution in [3.05, 3.63) is 28.8 Å². The van der Waals surface area contributed by atoms with Gasteiger partial charge >= 0.3 is 5.97 Å². The number of ether oxygens (including phenoxy) is 1. The summed E-state index contributed by atoms with van der Waals surface area (Å²) in [5.41, 5.74) is 8.37. The number of anilines is 1. The molecule has 4 heteroatoms. The van der Waals surface area contributed by atoms with E-state index in [1.807, 2.05) is 6.07 Å². The number of hydrogen-bond acceptors (Lipinski definition) is 4. The van der Waals surface area contributed by atoms with Gasteiger partial charge in [0.15, 0.2) is 0 Å². The number of aliphatic imine (C=N–C) groups is 1. The molecule has 0 amide bonds. The molecule has 2 rings (SSSR count). The van der Waals surface area contributed by atoms with Crippen molar-refractivity contribution in [1.82, 2.24) is 0 Å². The first kappa shape index (κ1) is 8.74. The van der Waals surface area contributed by atoms with Gasteiger partial charge in [-0.2, -0.15) is 0 Å². The van der Waals surface area contributed by atoms with E-state index in [2.05, 4.69) is 9.73 Å². The largest absolute Gasteiger partial charge is 0.465 e. The Hall–Kier alpha value is -1.84. The molecule has 0 spiro atoms. The van der Waals surface area contributed by atoms with E-state index in [1.165, 1.54) is 7.11 Å². The van der Waals surface area contributed by atoms with Crippen LogP contribution in [0, 0.1) is 0 Å². The first-order chi connectivity index (χ1) is 6.74. The van der Waals surface area contributed by atoms with Crippen molar-refractivity contribution in [2.24, 2.45) is 4.99 Å². The molecule has 4 nitrogen and oxygen atoms in total. The molecule has 72 valence electrons. The highest BCUT2D eigenvalue weighted by molar-refractivity contribution is 6.05. The average molecular weight is 190 g/mol. The smallest absolute Gasteiger partial charge is 0.340 e. The molecule has 1 heterocycles. The number of hydrogen-bond donors (Lipinski definition) is 1. The molecular formula is C10H10N2O2. The van der Waals surface area contributed by atoms with E-state index in [-0.39, 0.29) is 0 Å². The Kier molecular flexibility index (Phi) is 1.96. The minimum atomic E-state index is -0.410. The second kappa shape index (κ2) is 3.14. The van der Waals surface area contributed by atoms with Crippen molar-refractivity contribution in [2.75, 3.05) is 12.8 Å². The molecule has 2 N–H and O–H groups in total. The Morgan fingerprint density at radius 2 is 2.36 bits per heavy atom. The fourth-order valence-corrected chi connectivity index (χ4v) is 1.53. The van der Waals surface area contributed by atoms with Crippen LogP contribution in [-0.2, 0) is 11.3 Å². The van der Waals surface area contributed by atoms with Crippen LogP contribution in [-0.4, -0.2) is 19.3 Å². The zero-order valence-corrected chi connectivity index (χ0v) is 7.78. The number of carbonyl (C=O) groups excluding carboxylic acids is 1. The summed E-state index contributed by atoms with van der Waals surface area (Å²) < 4.78 is 4.66. The molecular weight excluding hydrogens is 180 g/mol. The monoisotopic (exact) mass is 190 g/mol. The highest BCUT2D eigenvalue weighted by Crippen LogP contribution is 2.24. The van der Waals surface area contributed by atoms with Gasteiger partial charge in [0, 0.05) is 17.5 Å². The van der Waals surface area contributed by atoms with Gasteiger partial charge in [-0.3, -0.25) is 4.99 Å². The number of esters is 1. The first-order valence-corrected chi connectivity index (χ1v) is 4.23. The molecule has 0 aliphatic carbocycles. The van der Waals surface area contributed by atoms with Crippen LogP contribution >= 0.6 is 0 Å². The number of fused-ring (bicyclic) bond motifs is 1. The van der Waals surface area contributed by atoms with E-state index < -0.39 is 5.97 Å². The van der Waals surface area contributed by atoms with Crippen LogP contribution in [0.1, 0.15) is 21.5 Å². The number of benzene rings is 1. The molecule has 14 heavy (non-hydrogen) atoms. The van der Waals surface area contributed by atoms with Crippen molar-refractivity contribution in [1.29, 1.82) is 0 Å². The van der Waals surface area contributed by atoms with Crippen LogP contribution in [0.2, 0.25) is 0 Å². The Labute approximate surface area is 81.4 Å². The molecule has 0 atom stereocenters. The summed E-state index contributed by atoms with van der Waals surface area (Å²) in [5, 5.41) is 0. The van der Waals surface area contributed by atoms with Crippen molar-refractivity contribution < 1.29 is 9.53 Å². The highest BCUT2D eigenvalue weighted by Gasteiger charge is 2.19. The second-order valence-corrected chi connectivity index (χ2v) is 3.06. The molecule has 0 saturated heterocycles. The lowest BCUT2D eigenvalue weighted by Gasteiger charge is -2.07. The maximum atomic E-state index is 11.4. The van der Waals surface area contributed by atoms with E-state index in [0.29, 0.717) is 17.8 Å². The third kappa shape index (κ3) is 1.16. The van der Waals surface area contributed by atoms with Crippen LogP contribution in [0.4, 0.5) is 5.69 Å². The van der Waals surface area contributed by atoms with Gasteiger partial charge in [-0.25, -0.2) is 4.79 Å². The predicted octanol–water partition coefficient (Wildman–Crippen LogP) is 0.988. The fraction of sp³-hybridized carbons (Fsp3) is 0.200. The van der Waals surface area contributed by atoms with Crippen molar-refractivity contribution in [3.8, 4) is 0 Å². The number of rotatable bonds is 1. The molecule has 0 radical (unpaired) electrons. The topological polar surface area (TPSA) is 64.7 Å². The maximum absolute atomic E-state index is 11.4. The normalized spacial score (nSPS) is 12.6. The number of nitrogens with two attached hydrogens (primary N) is 1. The van der Waals surface area contributed by atoms with Gasteiger partial charge in [-0.05, 0) is 11.6 Å². The lowest BCUT2D eigenvalue weighted by Crippen LogP contribution is -2.09. The Morgan fingerprint density at radius 1 is 1.57 bits per heavy atom. The quantitative estimate of drug-likeness (QED) is 0.530. The Bertz CT molecular complexity index is 424. The third-order valence-corrected chi connectivity index (χ3v) is 2.24. The van der Waals surface area contributed by atoms with Gasteiger partial charge in [0.05, 0.1) is 19.2 Å². The van der Waals surface area contributed by atoms with Crippen LogP contribution in [0.25, 0.3) is 0 Å². The number of methoxy groups -OCH3 is 1. The van der Waals surface area contributed by atoms with Crippen LogP contribution in [0.3, 0.4) is 0 Å². The number of nitrogen functional groups attached to an aromatic ring is 1. The van der Waals surface area contributed by atoms with Crippen molar-refractivity contribution >= 4 is 17.9 Å². The lowest BCUT2D eigenvalue weighted by atomic mass is 10.0. The van der Waals surface area contributed by atoms with Gasteiger partial charge in [-0.1, -0.05) is 6.07 Å². The summed E-state index contributed by atoms with van der Waals surface area (Å²) in [6, 6.07) is 3.59. The Balaban J connectivity index is 2.62. The number of nitrogens with zero attached hydrogens (tertiary/aromatic N) is 1. The molecule has 1 aliphatic rings. The highest BCUT2D eigenvalue weighted by atomic mass is 16.5. The van der Waals surface area contributed by atoms with Crippen molar-refractivity contribution in [3.63, 3.8) is 0 Å². The van der Waals surface area contributed by atoms with Gasteiger partial charge in [0.2, 0.25) is 0 Å². The van der Waals surface area contributed by atoms with E-state index >= 15 is 0 Å². The fourth-order valence-electron chi connectivity index (χ4n) is 1.53. The molecule has 1 aromatic rings. The molecule has 0 fully saturated rings. The summed E-state index contributed by atoms with van der Waals surface area (Å²) in [4.78, 5) is 15.5. The van der Waals surface area contributed by atoms with Crippen LogP contribution in [0.15, 0.2) is 17.1 Å². The predicted molar refractivity (Wildman–Crippen MR) is 53.5 cm³/mol. The molecule has 0 bridgehead atoms. The summed E-state index contributed by atoms with van der Waals surface area (Å²) in [7, 11) is 1.34. The maximum Gasteiger partial charge on any atom is 0.340 e. The van der Waals surface area contributed by atoms with Crippen LogP contribution in [0.5, 0.6) is 0 Å². The van der Waals surface area contributed by atoms with Gasteiger partial charge in [0.1, 0.15) is 0 Å². The standard InChI is InChI=1S/C10H10N2O2/c1-14-10(13)9-7-5-12-4-6(7)2-3-8(9)11/h2-3,5H,4,11H2,1H3. The zero-order chi connectivity index (χ0) is 10.1. The third-order valence-electron chi connectivity index (χ3n) is 2.24. The van der Waals surface area contributed by atoms with E-state index in [0.717, 1.165) is 11.1 Å². The molecule has 0 saturated carbocycles. The summed E-state index contributed by atoms with van der Waals surface area (Å²) in [5.74, 6) is -0.410. The summed E-state index contributed by atoms with van der Waals surface area (Å²) in [6.45, 7) is 0.611. The lowest BCUT2D eigenvalue weighted by molar-refractivity contribution is 0.0602. The van der Waals surface area contributed by atoms with Crippen molar-refractivity contribution in [2.45, 2.75) is 6.54 Å². The molecule has 1 aromatic carbocycles. The average Bonchev–Trinajstić information content (AvgIpc) is 2.64. The first-order valence-electron chi connectivity index (χ1n) is 4.23. The minimum Gasteiger partial charge on any atom is -0.465 e. The molecule has 0 unspecified atom stereocenters. The zero-order valence-electron chi connectivity index (χ0n) is 7.78. The summed E-state index contributed by atoms with van der Waals surface area (Å²) in [6.07, 6.45) is 1.66. The van der Waals surface area contributed by atoms with E-state index in [4.69, 9.17) is 5.73 Å². The van der Waals surface area contributed by atoms with E-state index in [9.17, 15) is 4.79 Å². The van der Waals surface area contributed by atoms with Gasteiger partial charge in [0.25, 0.3) is 0 Å². The second-order valence-electron chi connectivity index (χ2n) is 3.06. The summed E-state index contributed by atoms with van der Waals surface area (Å²) >= 11 is 0. The number of carbonyl (C=O) groups is 1. The minimum absolute atomic E-state index is 0.410. The SMILES string of the molecule is COC(=O)c1c(N)ccc2c1C=NC2. The van der Waals surface area contributed by atoms with Gasteiger partial charge in [-0.15, -0.1) is 0 Å². The van der Waals surface area contributed by atoms with Crippen LogP contribution < -0.4 is 5.73 Å². The molecule has 0 aromatic heterocycles. The Morgan fingerprint density at radius 3 is 3.07 bits per heavy atom. The van der Waals surface area contributed by atoms with Gasteiger partial charge < -0.3 is 10.5 Å².